The van der Waals surface area contributed by atoms with E-state index < -0.39 is 17.7 Å². The number of carbonyl (C=O) groups is 2. The standard InChI is InChI=1S/C11H18INO4/c1-6-7(5-12)16-9(14)8(6)13-10(15)17-11(2,3)4/h6-8H,5H2,1-4H3,(H,13,15)/t6-,7-,8-/m0/s1. The highest BCUT2D eigenvalue weighted by Crippen LogP contribution is 2.24. The van der Waals surface area contributed by atoms with Gasteiger partial charge in [-0.3, -0.25) is 0 Å². The molecular weight excluding hydrogens is 337 g/mol. The maximum absolute atomic E-state index is 11.6. The first-order chi connectivity index (χ1) is 7.74. The SMILES string of the molecule is C[C@H]1[C@H](CI)OC(=O)[C@H]1NC(=O)OC(C)(C)C. The van der Waals surface area contributed by atoms with E-state index in [0.29, 0.717) is 0 Å². The molecule has 1 aliphatic heterocycles. The van der Waals surface area contributed by atoms with E-state index in [2.05, 4.69) is 27.9 Å². The fourth-order valence-corrected chi connectivity index (χ4v) is 2.54. The Morgan fingerprint density at radius 3 is 2.53 bits per heavy atom. The van der Waals surface area contributed by atoms with Gasteiger partial charge in [0.15, 0.2) is 0 Å². The molecular formula is C11H18INO4. The third-order valence-electron chi connectivity index (χ3n) is 2.46. The van der Waals surface area contributed by atoms with Gasteiger partial charge in [0.1, 0.15) is 17.7 Å². The van der Waals surface area contributed by atoms with Crippen molar-refractivity contribution in [2.75, 3.05) is 4.43 Å². The van der Waals surface area contributed by atoms with Crippen LogP contribution in [0.25, 0.3) is 0 Å². The van der Waals surface area contributed by atoms with Gasteiger partial charge >= 0.3 is 12.1 Å². The Labute approximate surface area is 115 Å². The smallest absolute Gasteiger partial charge is 0.408 e. The van der Waals surface area contributed by atoms with Gasteiger partial charge in [0, 0.05) is 10.3 Å². The molecule has 0 spiro atoms. The Morgan fingerprint density at radius 1 is 1.53 bits per heavy atom. The van der Waals surface area contributed by atoms with Crippen LogP contribution in [0.15, 0.2) is 0 Å². The van der Waals surface area contributed by atoms with E-state index in [1.54, 1.807) is 20.8 Å². The highest BCUT2D eigenvalue weighted by atomic mass is 127. The lowest BCUT2D eigenvalue weighted by molar-refractivity contribution is -0.142. The lowest BCUT2D eigenvalue weighted by Crippen LogP contribution is -2.44. The summed E-state index contributed by atoms with van der Waals surface area (Å²) < 4.78 is 11.0. The number of halogens is 1. The molecule has 6 heteroatoms. The Morgan fingerprint density at radius 2 is 2.12 bits per heavy atom. The number of nitrogens with one attached hydrogen (secondary N) is 1. The molecule has 0 radical (unpaired) electrons. The molecule has 1 rings (SSSR count). The van der Waals surface area contributed by atoms with Crippen LogP contribution in [0.4, 0.5) is 4.79 Å². The van der Waals surface area contributed by atoms with E-state index in [1.807, 2.05) is 6.92 Å². The lowest BCUT2D eigenvalue weighted by Gasteiger charge is -2.22. The number of esters is 1. The monoisotopic (exact) mass is 355 g/mol. The van der Waals surface area contributed by atoms with Crippen molar-refractivity contribution in [2.24, 2.45) is 5.92 Å². The second-order valence-electron chi connectivity index (χ2n) is 5.11. The fourth-order valence-electron chi connectivity index (χ4n) is 1.56. The van der Waals surface area contributed by atoms with Crippen molar-refractivity contribution >= 4 is 34.7 Å². The Kier molecular flexibility index (Phi) is 4.62. The molecule has 0 unspecified atom stereocenters. The number of ether oxygens (including phenoxy) is 2. The van der Waals surface area contributed by atoms with Gasteiger partial charge in [-0.1, -0.05) is 29.5 Å². The molecule has 3 atom stereocenters. The molecule has 1 saturated heterocycles. The molecule has 1 aliphatic rings. The summed E-state index contributed by atoms with van der Waals surface area (Å²) >= 11 is 2.16. The van der Waals surface area contributed by atoms with Crippen LogP contribution in [0.2, 0.25) is 0 Å². The zero-order chi connectivity index (χ0) is 13.2. The van der Waals surface area contributed by atoms with E-state index in [1.165, 1.54) is 0 Å². The topological polar surface area (TPSA) is 64.6 Å². The van der Waals surface area contributed by atoms with Gasteiger partial charge in [0.2, 0.25) is 0 Å². The minimum atomic E-state index is -0.607. The van der Waals surface area contributed by atoms with Crippen molar-refractivity contribution in [1.29, 1.82) is 0 Å². The van der Waals surface area contributed by atoms with Crippen molar-refractivity contribution in [3.8, 4) is 0 Å². The summed E-state index contributed by atoms with van der Waals surface area (Å²) in [6, 6.07) is -0.607. The molecule has 17 heavy (non-hydrogen) atoms. The van der Waals surface area contributed by atoms with E-state index >= 15 is 0 Å². The largest absolute Gasteiger partial charge is 0.460 e. The molecule has 0 saturated carbocycles. The van der Waals surface area contributed by atoms with Gasteiger partial charge in [-0.2, -0.15) is 0 Å². The Balaban J connectivity index is 2.57. The Bertz CT molecular complexity index is 313. The molecule has 0 aliphatic carbocycles. The number of alkyl carbamates (subject to hydrolysis) is 1. The molecule has 0 aromatic carbocycles. The maximum atomic E-state index is 11.6. The second-order valence-corrected chi connectivity index (χ2v) is 5.99. The molecule has 5 nitrogen and oxygen atoms in total. The number of cyclic esters (lactones) is 1. The van der Waals surface area contributed by atoms with E-state index in [9.17, 15) is 9.59 Å². The van der Waals surface area contributed by atoms with Gasteiger partial charge < -0.3 is 14.8 Å². The summed E-state index contributed by atoms with van der Waals surface area (Å²) in [5.41, 5.74) is -0.571. The summed E-state index contributed by atoms with van der Waals surface area (Å²) in [7, 11) is 0. The molecule has 98 valence electrons. The summed E-state index contributed by atoms with van der Waals surface area (Å²) in [5.74, 6) is -0.419. The molecule has 0 aromatic rings. The average molecular weight is 355 g/mol. The van der Waals surface area contributed by atoms with Crippen LogP contribution in [0, 0.1) is 5.92 Å². The zero-order valence-corrected chi connectivity index (χ0v) is 12.6. The second kappa shape index (κ2) is 5.41. The van der Waals surface area contributed by atoms with E-state index in [0.717, 1.165) is 4.43 Å². The molecule has 0 aromatic heterocycles. The lowest BCUT2D eigenvalue weighted by atomic mass is 10.0. The minimum absolute atomic E-state index is 0.0353. The van der Waals surface area contributed by atoms with Crippen LogP contribution in [-0.2, 0) is 14.3 Å². The average Bonchev–Trinajstić information content (AvgIpc) is 2.42. The quantitative estimate of drug-likeness (QED) is 0.467. The first-order valence-electron chi connectivity index (χ1n) is 5.50. The van der Waals surface area contributed by atoms with Crippen molar-refractivity contribution in [3.05, 3.63) is 0 Å². The van der Waals surface area contributed by atoms with Gasteiger partial charge in [0.25, 0.3) is 0 Å². The number of hydrogen-bond donors (Lipinski definition) is 1. The first kappa shape index (κ1) is 14.5. The summed E-state index contributed by atoms with van der Waals surface area (Å²) in [5, 5.41) is 2.56. The van der Waals surface area contributed by atoms with Crippen LogP contribution < -0.4 is 5.32 Å². The first-order valence-corrected chi connectivity index (χ1v) is 7.03. The summed E-state index contributed by atoms with van der Waals surface area (Å²) in [6.07, 6.45) is -0.719. The van der Waals surface area contributed by atoms with Crippen molar-refractivity contribution in [3.63, 3.8) is 0 Å². The van der Waals surface area contributed by atoms with E-state index in [4.69, 9.17) is 9.47 Å². The number of alkyl halides is 1. The van der Waals surface area contributed by atoms with Crippen molar-refractivity contribution in [2.45, 2.75) is 45.4 Å². The van der Waals surface area contributed by atoms with Crippen molar-refractivity contribution < 1.29 is 19.1 Å². The van der Waals surface area contributed by atoms with Gasteiger partial charge in [-0.05, 0) is 20.8 Å². The highest BCUT2D eigenvalue weighted by Gasteiger charge is 2.42. The predicted octanol–water partition coefficient (Wildman–Crippen LogP) is 1.88. The van der Waals surface area contributed by atoms with E-state index in [-0.39, 0.29) is 18.0 Å². The number of hydrogen-bond acceptors (Lipinski definition) is 4. The van der Waals surface area contributed by atoms with Gasteiger partial charge in [0.05, 0.1) is 0 Å². The predicted molar refractivity (Wildman–Crippen MR) is 71.1 cm³/mol. The molecule has 1 amide bonds. The third kappa shape index (κ3) is 4.01. The summed E-state index contributed by atoms with van der Waals surface area (Å²) in [6.45, 7) is 7.21. The zero-order valence-electron chi connectivity index (χ0n) is 10.5. The molecule has 1 fully saturated rings. The van der Waals surface area contributed by atoms with Crippen molar-refractivity contribution in [1.82, 2.24) is 5.32 Å². The molecule has 0 bridgehead atoms. The summed E-state index contributed by atoms with van der Waals surface area (Å²) in [4.78, 5) is 23.1. The number of amides is 1. The highest BCUT2D eigenvalue weighted by molar-refractivity contribution is 14.1. The minimum Gasteiger partial charge on any atom is -0.460 e. The van der Waals surface area contributed by atoms with Crippen LogP contribution >= 0.6 is 22.6 Å². The Hall–Kier alpha value is -0.530. The van der Waals surface area contributed by atoms with Crippen LogP contribution in [0.1, 0.15) is 27.7 Å². The van der Waals surface area contributed by atoms with Crippen LogP contribution in [-0.4, -0.2) is 34.2 Å². The van der Waals surface area contributed by atoms with Gasteiger partial charge in [-0.25, -0.2) is 9.59 Å². The molecule has 1 N–H and O–H groups in total. The van der Waals surface area contributed by atoms with Gasteiger partial charge in [-0.15, -0.1) is 0 Å². The maximum Gasteiger partial charge on any atom is 0.408 e. The molecule has 1 heterocycles. The third-order valence-corrected chi connectivity index (χ3v) is 3.33. The fraction of sp³-hybridized carbons (Fsp3) is 0.818. The van der Waals surface area contributed by atoms with Crippen LogP contribution in [0.3, 0.4) is 0 Å². The number of carbonyl (C=O) groups excluding carboxylic acids is 2. The normalized spacial score (nSPS) is 28.8. The van der Waals surface area contributed by atoms with Crippen LogP contribution in [0.5, 0.6) is 0 Å². The number of rotatable bonds is 2.